The summed E-state index contributed by atoms with van der Waals surface area (Å²) in [5, 5.41) is 0. The Kier molecular flexibility index (Phi) is 6.07. The molecule has 2 fully saturated rings. The second kappa shape index (κ2) is 7.58. The monoisotopic (exact) mass is 270 g/mol. The van der Waals surface area contributed by atoms with Gasteiger partial charge in [0.1, 0.15) is 0 Å². The maximum absolute atomic E-state index is 6.45. The molecule has 1 heterocycles. The van der Waals surface area contributed by atoms with Crippen molar-refractivity contribution in [3.8, 4) is 0 Å². The maximum atomic E-state index is 6.45. The normalized spacial score (nSPS) is 29.1. The molecule has 1 saturated carbocycles. The average Bonchev–Trinajstić information content (AvgIpc) is 2.64. The van der Waals surface area contributed by atoms with Crippen molar-refractivity contribution in [1.29, 1.82) is 0 Å². The van der Waals surface area contributed by atoms with Gasteiger partial charge in [0, 0.05) is 18.6 Å². The fraction of sp³-hybridized carbons (Fsp3) is 1.00. The van der Waals surface area contributed by atoms with Crippen molar-refractivity contribution in [2.75, 3.05) is 39.5 Å². The van der Waals surface area contributed by atoms with E-state index < -0.39 is 0 Å². The van der Waals surface area contributed by atoms with Crippen LogP contribution in [0.4, 0.5) is 0 Å². The summed E-state index contributed by atoms with van der Waals surface area (Å²) in [5.41, 5.74) is 6.36. The third kappa shape index (κ3) is 5.03. The summed E-state index contributed by atoms with van der Waals surface area (Å²) in [7, 11) is 0. The van der Waals surface area contributed by atoms with Crippen molar-refractivity contribution < 1.29 is 9.47 Å². The first-order valence-electron chi connectivity index (χ1n) is 7.92. The first-order chi connectivity index (χ1) is 9.22. The molecule has 112 valence electrons. The lowest BCUT2D eigenvalue weighted by molar-refractivity contribution is -0.0745. The van der Waals surface area contributed by atoms with E-state index >= 15 is 0 Å². The lowest BCUT2D eigenvalue weighted by Gasteiger charge is -2.33. The number of hydrogen-bond donors (Lipinski definition) is 1. The Balaban J connectivity index is 1.67. The molecule has 2 aliphatic rings. The van der Waals surface area contributed by atoms with E-state index in [1.165, 1.54) is 25.7 Å². The molecular weight excluding hydrogens is 240 g/mol. The third-order valence-electron chi connectivity index (χ3n) is 4.46. The standard InChI is InChI=1S/C15H30N2O2/c1-2-17-9-10-19-14(11-17)12-18-13-15(16)7-5-3-4-6-8-15/h14H,2-13,16H2,1H3. The second-order valence-corrected chi connectivity index (χ2v) is 6.18. The highest BCUT2D eigenvalue weighted by atomic mass is 16.5. The Morgan fingerprint density at radius 1 is 1.26 bits per heavy atom. The lowest BCUT2D eigenvalue weighted by Crippen LogP contribution is -2.47. The van der Waals surface area contributed by atoms with Crippen molar-refractivity contribution >= 4 is 0 Å². The molecule has 1 saturated heterocycles. The number of likely N-dealkylation sites (N-methyl/N-ethyl adjacent to an activating group) is 1. The SMILES string of the molecule is CCN1CCOC(COCC2(N)CCCCCC2)C1. The highest BCUT2D eigenvalue weighted by Crippen LogP contribution is 2.25. The van der Waals surface area contributed by atoms with Crippen LogP contribution in [0, 0.1) is 0 Å². The van der Waals surface area contributed by atoms with Crippen molar-refractivity contribution in [3.63, 3.8) is 0 Å². The molecule has 1 aliphatic heterocycles. The van der Waals surface area contributed by atoms with Gasteiger partial charge < -0.3 is 15.2 Å². The molecule has 4 heteroatoms. The number of ether oxygens (including phenoxy) is 2. The van der Waals surface area contributed by atoms with Gasteiger partial charge in [-0.15, -0.1) is 0 Å². The number of rotatable bonds is 5. The predicted molar refractivity (Wildman–Crippen MR) is 77.3 cm³/mol. The zero-order chi connectivity index (χ0) is 13.6. The van der Waals surface area contributed by atoms with Gasteiger partial charge in [0.15, 0.2) is 0 Å². The molecule has 2 rings (SSSR count). The molecule has 1 aliphatic carbocycles. The van der Waals surface area contributed by atoms with Crippen LogP contribution in [0.5, 0.6) is 0 Å². The molecular formula is C15H30N2O2. The molecule has 0 radical (unpaired) electrons. The van der Waals surface area contributed by atoms with Gasteiger partial charge in [-0.25, -0.2) is 0 Å². The van der Waals surface area contributed by atoms with E-state index in [2.05, 4.69) is 11.8 Å². The maximum Gasteiger partial charge on any atom is 0.0935 e. The van der Waals surface area contributed by atoms with Crippen LogP contribution in [0.1, 0.15) is 45.4 Å². The number of morpholine rings is 1. The van der Waals surface area contributed by atoms with Crippen LogP contribution < -0.4 is 5.73 Å². The van der Waals surface area contributed by atoms with Crippen LogP contribution in [-0.4, -0.2) is 56.0 Å². The van der Waals surface area contributed by atoms with Crippen molar-refractivity contribution in [2.45, 2.75) is 57.1 Å². The van der Waals surface area contributed by atoms with E-state index in [1.54, 1.807) is 0 Å². The first kappa shape index (κ1) is 15.2. The fourth-order valence-corrected chi connectivity index (χ4v) is 3.14. The van der Waals surface area contributed by atoms with Gasteiger partial charge in [0.25, 0.3) is 0 Å². The number of nitrogens with two attached hydrogens (primary N) is 1. The van der Waals surface area contributed by atoms with Crippen LogP contribution in [-0.2, 0) is 9.47 Å². The first-order valence-corrected chi connectivity index (χ1v) is 7.92. The largest absolute Gasteiger partial charge is 0.377 e. The zero-order valence-electron chi connectivity index (χ0n) is 12.4. The molecule has 2 N–H and O–H groups in total. The van der Waals surface area contributed by atoms with Gasteiger partial charge in [-0.3, -0.25) is 4.90 Å². The van der Waals surface area contributed by atoms with Gasteiger partial charge >= 0.3 is 0 Å². The van der Waals surface area contributed by atoms with Crippen LogP contribution in [0.3, 0.4) is 0 Å². The van der Waals surface area contributed by atoms with E-state index in [0.29, 0.717) is 13.2 Å². The molecule has 0 spiro atoms. The van der Waals surface area contributed by atoms with E-state index in [1.807, 2.05) is 0 Å². The third-order valence-corrected chi connectivity index (χ3v) is 4.46. The molecule has 0 aromatic heterocycles. The van der Waals surface area contributed by atoms with Crippen molar-refractivity contribution in [1.82, 2.24) is 4.90 Å². The Morgan fingerprint density at radius 3 is 2.68 bits per heavy atom. The average molecular weight is 270 g/mol. The molecule has 0 aromatic rings. The van der Waals surface area contributed by atoms with Gasteiger partial charge in [-0.2, -0.15) is 0 Å². The smallest absolute Gasteiger partial charge is 0.0935 e. The molecule has 4 nitrogen and oxygen atoms in total. The van der Waals surface area contributed by atoms with Crippen LogP contribution in [0.15, 0.2) is 0 Å². The van der Waals surface area contributed by atoms with Crippen molar-refractivity contribution in [2.24, 2.45) is 5.73 Å². The summed E-state index contributed by atoms with van der Waals surface area (Å²) >= 11 is 0. The van der Waals surface area contributed by atoms with E-state index in [9.17, 15) is 0 Å². The Morgan fingerprint density at radius 2 is 2.00 bits per heavy atom. The molecule has 19 heavy (non-hydrogen) atoms. The molecule has 0 amide bonds. The minimum atomic E-state index is -0.0877. The quantitative estimate of drug-likeness (QED) is 0.774. The Bertz CT molecular complexity index is 253. The highest BCUT2D eigenvalue weighted by Gasteiger charge is 2.27. The van der Waals surface area contributed by atoms with Crippen molar-refractivity contribution in [3.05, 3.63) is 0 Å². The second-order valence-electron chi connectivity index (χ2n) is 6.18. The molecule has 1 unspecified atom stereocenters. The molecule has 0 aromatic carbocycles. The van der Waals surface area contributed by atoms with Gasteiger partial charge in [-0.05, 0) is 19.4 Å². The summed E-state index contributed by atoms with van der Waals surface area (Å²) in [4.78, 5) is 2.42. The fourth-order valence-electron chi connectivity index (χ4n) is 3.14. The van der Waals surface area contributed by atoms with Crippen LogP contribution in [0.25, 0.3) is 0 Å². The van der Waals surface area contributed by atoms with E-state index in [4.69, 9.17) is 15.2 Å². The molecule has 1 atom stereocenters. The zero-order valence-corrected chi connectivity index (χ0v) is 12.4. The topological polar surface area (TPSA) is 47.7 Å². The van der Waals surface area contributed by atoms with Gasteiger partial charge in [0.2, 0.25) is 0 Å². The summed E-state index contributed by atoms with van der Waals surface area (Å²) in [5.74, 6) is 0. The Hall–Kier alpha value is -0.160. The van der Waals surface area contributed by atoms with E-state index in [0.717, 1.165) is 39.1 Å². The predicted octanol–water partition coefficient (Wildman–Crippen LogP) is 1.78. The minimum Gasteiger partial charge on any atom is -0.377 e. The summed E-state index contributed by atoms with van der Waals surface area (Å²) in [6.07, 6.45) is 7.61. The van der Waals surface area contributed by atoms with Crippen LogP contribution in [0.2, 0.25) is 0 Å². The summed E-state index contributed by atoms with van der Waals surface area (Å²) in [6, 6.07) is 0. The summed E-state index contributed by atoms with van der Waals surface area (Å²) < 4.78 is 11.6. The van der Waals surface area contributed by atoms with Gasteiger partial charge in [-0.1, -0.05) is 32.6 Å². The number of nitrogens with zero attached hydrogens (tertiary/aromatic N) is 1. The minimum absolute atomic E-state index is 0.0877. The van der Waals surface area contributed by atoms with Crippen LogP contribution >= 0.6 is 0 Å². The van der Waals surface area contributed by atoms with Gasteiger partial charge in [0.05, 0.1) is 25.9 Å². The number of hydrogen-bond acceptors (Lipinski definition) is 4. The lowest BCUT2D eigenvalue weighted by atomic mass is 9.93. The highest BCUT2D eigenvalue weighted by molar-refractivity contribution is 4.86. The Labute approximate surface area is 117 Å². The summed E-state index contributed by atoms with van der Waals surface area (Å²) in [6.45, 7) is 7.55. The molecule has 0 bridgehead atoms. The van der Waals surface area contributed by atoms with E-state index in [-0.39, 0.29) is 11.6 Å².